The Kier molecular flexibility index (Phi) is 5.69. The second kappa shape index (κ2) is 5.71. The van der Waals surface area contributed by atoms with Gasteiger partial charge >= 0.3 is 0 Å². The Labute approximate surface area is 69.8 Å². The van der Waals surface area contributed by atoms with Crippen molar-refractivity contribution in [3.8, 4) is 0 Å². The largest absolute Gasteiger partial charge is 0.549 e. The summed E-state index contributed by atoms with van der Waals surface area (Å²) in [6, 6.07) is 0. The number of alkyl halides is 1. The maximum atomic E-state index is 10.1. The van der Waals surface area contributed by atoms with E-state index in [1.807, 2.05) is 0 Å². The minimum atomic E-state index is -1.00. The van der Waals surface area contributed by atoms with Crippen LogP contribution in [0.4, 0.5) is 0 Å². The van der Waals surface area contributed by atoms with E-state index >= 15 is 0 Å². The predicted molar refractivity (Wildman–Crippen MR) is 41.9 cm³/mol. The average Bonchev–Trinajstić information content (AvgIpc) is 1.88. The van der Waals surface area contributed by atoms with Crippen molar-refractivity contribution in [3.05, 3.63) is 0 Å². The molecule has 0 aliphatic heterocycles. The lowest BCUT2D eigenvalue weighted by molar-refractivity contribution is -0.304. The van der Waals surface area contributed by atoms with Gasteiger partial charge in [-0.3, -0.25) is 0 Å². The Bertz CT molecular complexity index is 104. The van der Waals surface area contributed by atoms with Gasteiger partial charge in [-0.15, -0.1) is 0 Å². The molecule has 0 aromatic rings. The maximum Gasteiger partial charge on any atom is 0.0551 e. The highest BCUT2D eigenvalue weighted by Crippen LogP contribution is 2.09. The zero-order valence-corrected chi connectivity index (χ0v) is 7.69. The lowest BCUT2D eigenvalue weighted by Crippen LogP contribution is -2.31. The van der Waals surface area contributed by atoms with Crippen molar-refractivity contribution >= 4 is 21.9 Å². The van der Waals surface area contributed by atoms with Crippen molar-refractivity contribution in [1.82, 2.24) is 0 Å². The maximum absolute atomic E-state index is 10.1. The van der Waals surface area contributed by atoms with E-state index in [1.54, 1.807) is 0 Å². The van der Waals surface area contributed by atoms with E-state index in [0.29, 0.717) is 6.42 Å². The molecule has 0 spiro atoms. The molecule has 0 aromatic carbocycles. The van der Waals surface area contributed by atoms with Crippen LogP contribution in [0.15, 0.2) is 0 Å². The van der Waals surface area contributed by atoms with Crippen molar-refractivity contribution in [2.24, 2.45) is 0 Å². The fourth-order valence-electron chi connectivity index (χ4n) is 0.691. The minimum Gasteiger partial charge on any atom is -0.549 e. The van der Waals surface area contributed by atoms with E-state index in [9.17, 15) is 9.90 Å². The number of hydrogen-bond acceptors (Lipinski definition) is 2. The third-order valence-electron chi connectivity index (χ3n) is 1.32. The van der Waals surface area contributed by atoms with Gasteiger partial charge in [-0.25, -0.2) is 0 Å². The van der Waals surface area contributed by atoms with Crippen LogP contribution in [0.25, 0.3) is 0 Å². The Morgan fingerprint density at radius 2 is 2.20 bits per heavy atom. The van der Waals surface area contributed by atoms with Gasteiger partial charge in [0.05, 0.1) is 10.8 Å². The summed E-state index contributed by atoms with van der Waals surface area (Å²) < 4.78 is 0. The molecule has 60 valence electrons. The van der Waals surface area contributed by atoms with Crippen LogP contribution in [0.3, 0.4) is 0 Å². The number of carbonyl (C=O) groups is 1. The molecule has 0 bridgehead atoms. The molecule has 0 rings (SSSR count). The molecular formula is C7H12BrO2-. The monoisotopic (exact) mass is 207 g/mol. The summed E-state index contributed by atoms with van der Waals surface area (Å²) in [6.45, 7) is 2.09. The number of halogens is 1. The summed E-state index contributed by atoms with van der Waals surface area (Å²) in [6.07, 6.45) is 3.85. The second-order valence-corrected chi connectivity index (χ2v) is 3.39. The highest BCUT2D eigenvalue weighted by Gasteiger charge is 2.02. The number of hydrogen-bond donors (Lipinski definition) is 0. The van der Waals surface area contributed by atoms with Crippen LogP contribution >= 0.6 is 15.9 Å². The van der Waals surface area contributed by atoms with Crippen LogP contribution in [0, 0.1) is 0 Å². The van der Waals surface area contributed by atoms with Gasteiger partial charge in [0.2, 0.25) is 0 Å². The van der Waals surface area contributed by atoms with Gasteiger partial charge in [-0.05, 0) is 6.42 Å². The van der Waals surface area contributed by atoms with Crippen molar-refractivity contribution < 1.29 is 9.90 Å². The van der Waals surface area contributed by atoms with Crippen molar-refractivity contribution in [2.45, 2.75) is 37.4 Å². The van der Waals surface area contributed by atoms with Gasteiger partial charge in [0, 0.05) is 0 Å². The van der Waals surface area contributed by atoms with Gasteiger partial charge in [0.25, 0.3) is 0 Å². The van der Waals surface area contributed by atoms with E-state index < -0.39 is 10.8 Å². The Morgan fingerprint density at radius 1 is 1.60 bits per heavy atom. The van der Waals surface area contributed by atoms with Gasteiger partial charge in [-0.1, -0.05) is 42.1 Å². The number of aliphatic carboxylic acids is 1. The normalized spacial score (nSPS) is 13.0. The number of unbranched alkanes of at least 4 members (excludes halogenated alkanes) is 2. The Morgan fingerprint density at radius 3 is 2.60 bits per heavy atom. The minimum absolute atomic E-state index is 0.459. The summed E-state index contributed by atoms with van der Waals surface area (Å²) in [5, 5.41) is 10.1. The van der Waals surface area contributed by atoms with Gasteiger partial charge in [0.15, 0.2) is 0 Å². The molecule has 0 heterocycles. The molecule has 0 fully saturated rings. The first-order valence-corrected chi connectivity index (χ1v) is 4.45. The van der Waals surface area contributed by atoms with E-state index in [2.05, 4.69) is 22.9 Å². The van der Waals surface area contributed by atoms with Gasteiger partial charge in [0.1, 0.15) is 0 Å². The molecule has 2 nitrogen and oxygen atoms in total. The van der Waals surface area contributed by atoms with Crippen LogP contribution in [0.5, 0.6) is 0 Å². The van der Waals surface area contributed by atoms with E-state index in [4.69, 9.17) is 0 Å². The molecule has 3 heteroatoms. The molecular weight excluding hydrogens is 196 g/mol. The molecule has 0 radical (unpaired) electrons. The summed E-state index contributed by atoms with van der Waals surface area (Å²) in [7, 11) is 0. The fourth-order valence-corrected chi connectivity index (χ4v) is 1.02. The van der Waals surface area contributed by atoms with Crippen molar-refractivity contribution in [1.29, 1.82) is 0 Å². The smallest absolute Gasteiger partial charge is 0.0551 e. The lowest BCUT2D eigenvalue weighted by Gasteiger charge is -2.08. The molecule has 0 aliphatic carbocycles. The number of carboxylic acids is 1. The van der Waals surface area contributed by atoms with Crippen LogP contribution in [0.2, 0.25) is 0 Å². The summed E-state index contributed by atoms with van der Waals surface area (Å²) in [4.78, 5) is 9.68. The van der Waals surface area contributed by atoms with Gasteiger partial charge in [-0.2, -0.15) is 0 Å². The molecule has 10 heavy (non-hydrogen) atoms. The van der Waals surface area contributed by atoms with Crippen LogP contribution in [0.1, 0.15) is 32.6 Å². The fraction of sp³-hybridized carbons (Fsp3) is 0.857. The Hall–Kier alpha value is -0.0500. The number of carboxylic acid groups (broad SMARTS) is 1. The standard InChI is InChI=1S/C7H13BrO2/c1-2-3-4-5-6(8)7(9)10/h6H,2-5H2,1H3,(H,9,10)/p-1. The van der Waals surface area contributed by atoms with Gasteiger partial charge < -0.3 is 9.90 Å². The molecule has 0 saturated carbocycles. The molecule has 1 atom stereocenters. The summed E-state index contributed by atoms with van der Waals surface area (Å²) in [5.41, 5.74) is 0. The van der Waals surface area contributed by atoms with E-state index in [1.165, 1.54) is 0 Å². The quantitative estimate of drug-likeness (QED) is 0.501. The molecule has 0 saturated heterocycles. The summed E-state index contributed by atoms with van der Waals surface area (Å²) >= 11 is 3.01. The molecule has 0 aromatic heterocycles. The second-order valence-electron chi connectivity index (χ2n) is 2.28. The Balaban J connectivity index is 3.21. The first-order chi connectivity index (χ1) is 4.68. The first-order valence-electron chi connectivity index (χ1n) is 3.53. The highest BCUT2D eigenvalue weighted by atomic mass is 79.9. The number of rotatable bonds is 5. The van der Waals surface area contributed by atoms with Crippen molar-refractivity contribution in [2.75, 3.05) is 0 Å². The highest BCUT2D eigenvalue weighted by molar-refractivity contribution is 9.10. The SMILES string of the molecule is CCCCCC(Br)C(=O)[O-]. The third-order valence-corrected chi connectivity index (χ3v) is 2.15. The predicted octanol–water partition coefficient (Wildman–Crippen LogP) is 1.08. The number of carbonyl (C=O) groups excluding carboxylic acids is 1. The molecule has 0 aliphatic rings. The topological polar surface area (TPSA) is 40.1 Å². The zero-order chi connectivity index (χ0) is 7.98. The zero-order valence-electron chi connectivity index (χ0n) is 6.10. The van der Waals surface area contributed by atoms with Crippen LogP contribution in [-0.4, -0.2) is 10.8 Å². The lowest BCUT2D eigenvalue weighted by atomic mass is 10.2. The molecule has 1 unspecified atom stereocenters. The first kappa shape index (κ1) is 9.95. The molecule has 0 N–H and O–H groups in total. The van der Waals surface area contributed by atoms with E-state index in [-0.39, 0.29) is 0 Å². The summed E-state index contributed by atoms with van der Waals surface area (Å²) in [5.74, 6) is -1.00. The molecule has 0 amide bonds. The van der Waals surface area contributed by atoms with Crippen LogP contribution < -0.4 is 5.11 Å². The van der Waals surface area contributed by atoms with E-state index in [0.717, 1.165) is 19.3 Å². The van der Waals surface area contributed by atoms with Crippen molar-refractivity contribution in [3.63, 3.8) is 0 Å². The average molecular weight is 208 g/mol. The van der Waals surface area contributed by atoms with Crippen LogP contribution in [-0.2, 0) is 4.79 Å². The third kappa shape index (κ3) is 4.79.